The van der Waals surface area contributed by atoms with E-state index in [0.717, 1.165) is 34.3 Å². The van der Waals surface area contributed by atoms with E-state index in [1.165, 1.54) is 10.8 Å². The van der Waals surface area contributed by atoms with Crippen molar-refractivity contribution in [2.75, 3.05) is 13.2 Å². The summed E-state index contributed by atoms with van der Waals surface area (Å²) in [5, 5.41) is 4.67. The second-order valence-corrected chi connectivity index (χ2v) is 7.56. The molecule has 1 unspecified atom stereocenters. The number of ether oxygens (including phenoxy) is 2. The van der Waals surface area contributed by atoms with Gasteiger partial charge < -0.3 is 9.47 Å². The van der Waals surface area contributed by atoms with E-state index in [9.17, 15) is 4.79 Å². The molecule has 3 heteroatoms. The highest BCUT2D eigenvalue weighted by Crippen LogP contribution is 2.27. The fraction of sp³-hybridized carbons (Fsp3) is 0.192. The predicted molar refractivity (Wildman–Crippen MR) is 116 cm³/mol. The van der Waals surface area contributed by atoms with Gasteiger partial charge in [-0.3, -0.25) is 4.79 Å². The molecule has 4 aromatic rings. The summed E-state index contributed by atoms with van der Waals surface area (Å²) in [6, 6.07) is 26.6. The van der Waals surface area contributed by atoms with Crippen LogP contribution in [0.4, 0.5) is 0 Å². The number of epoxide rings is 1. The highest BCUT2D eigenvalue weighted by Gasteiger charge is 2.23. The number of hydrogen-bond acceptors (Lipinski definition) is 3. The molecule has 144 valence electrons. The third-order valence-electron chi connectivity index (χ3n) is 5.45. The number of aryl methyl sites for hydroxylation is 1. The summed E-state index contributed by atoms with van der Waals surface area (Å²) in [5.41, 5.74) is 1.88. The molecule has 0 N–H and O–H groups in total. The number of benzene rings is 4. The molecule has 0 radical (unpaired) electrons. The molecular weight excluding hydrogens is 360 g/mol. The normalized spacial score (nSPS) is 15.5. The number of carbonyl (C=O) groups excluding carboxylic acids is 1. The van der Waals surface area contributed by atoms with Gasteiger partial charge in [0.15, 0.2) is 5.78 Å². The van der Waals surface area contributed by atoms with Crippen molar-refractivity contribution in [2.24, 2.45) is 0 Å². The number of Topliss-reactive ketones (excluding diaryl/α,β-unsaturated/α-hetero) is 1. The lowest BCUT2D eigenvalue weighted by molar-refractivity contribution is 0.0983. The SMILES string of the molecule is O=C(CCc1cccc(OCC2CO2)c1)c1ccc2ccc3ccccc3c2c1. The van der Waals surface area contributed by atoms with Gasteiger partial charge in [0.25, 0.3) is 0 Å². The fourth-order valence-electron chi connectivity index (χ4n) is 3.72. The quantitative estimate of drug-likeness (QED) is 0.238. The molecule has 3 nitrogen and oxygen atoms in total. The standard InChI is InChI=1S/C26H22O3/c27-26(13-8-18-4-3-6-22(14-18)28-16-23-17-29-23)21-12-11-20-10-9-19-5-1-2-7-24(19)25(20)15-21/h1-7,9-12,14-15,23H,8,13,16-17H2. The number of hydrogen-bond donors (Lipinski definition) is 0. The van der Waals surface area contributed by atoms with Crippen molar-refractivity contribution in [1.82, 2.24) is 0 Å². The Labute approximate surface area is 169 Å². The molecule has 0 bridgehead atoms. The Kier molecular flexibility index (Phi) is 4.74. The fourth-order valence-corrected chi connectivity index (χ4v) is 3.72. The van der Waals surface area contributed by atoms with Crippen LogP contribution < -0.4 is 4.74 Å². The first-order valence-electron chi connectivity index (χ1n) is 10.0. The van der Waals surface area contributed by atoms with E-state index in [-0.39, 0.29) is 11.9 Å². The molecule has 4 aromatic carbocycles. The number of fused-ring (bicyclic) bond motifs is 3. The molecule has 1 atom stereocenters. The summed E-state index contributed by atoms with van der Waals surface area (Å²) in [4.78, 5) is 12.9. The van der Waals surface area contributed by atoms with Gasteiger partial charge in [-0.1, -0.05) is 60.7 Å². The van der Waals surface area contributed by atoms with Crippen LogP contribution in [0, 0.1) is 0 Å². The first kappa shape index (κ1) is 17.9. The van der Waals surface area contributed by atoms with Gasteiger partial charge in [-0.15, -0.1) is 0 Å². The highest BCUT2D eigenvalue weighted by molar-refractivity contribution is 6.10. The Morgan fingerprint density at radius 2 is 1.69 bits per heavy atom. The minimum atomic E-state index is 0.164. The van der Waals surface area contributed by atoms with Crippen molar-refractivity contribution in [1.29, 1.82) is 0 Å². The van der Waals surface area contributed by atoms with E-state index in [1.807, 2.05) is 54.6 Å². The Balaban J connectivity index is 1.32. The van der Waals surface area contributed by atoms with Crippen molar-refractivity contribution in [3.8, 4) is 5.75 Å². The summed E-state index contributed by atoms with van der Waals surface area (Å²) in [7, 11) is 0. The van der Waals surface area contributed by atoms with Gasteiger partial charge in [0.05, 0.1) is 6.61 Å². The second-order valence-electron chi connectivity index (χ2n) is 7.56. The van der Waals surface area contributed by atoms with E-state index in [4.69, 9.17) is 9.47 Å². The van der Waals surface area contributed by atoms with Crippen LogP contribution in [-0.2, 0) is 11.2 Å². The lowest BCUT2D eigenvalue weighted by atomic mass is 9.97. The minimum absolute atomic E-state index is 0.164. The van der Waals surface area contributed by atoms with Crippen LogP contribution in [0.2, 0.25) is 0 Å². The summed E-state index contributed by atoms with van der Waals surface area (Å²) < 4.78 is 10.9. The first-order chi connectivity index (χ1) is 14.3. The van der Waals surface area contributed by atoms with Crippen LogP contribution in [0.25, 0.3) is 21.5 Å². The van der Waals surface area contributed by atoms with E-state index in [1.54, 1.807) is 0 Å². The summed E-state index contributed by atoms with van der Waals surface area (Å²) in [6.07, 6.45) is 1.42. The molecule has 0 spiro atoms. The third kappa shape index (κ3) is 4.01. The lowest BCUT2D eigenvalue weighted by Gasteiger charge is -2.08. The Bertz CT molecular complexity index is 1190. The van der Waals surface area contributed by atoms with Gasteiger partial charge in [-0.05, 0) is 51.7 Å². The predicted octanol–water partition coefficient (Wildman–Crippen LogP) is 5.59. The van der Waals surface area contributed by atoms with Gasteiger partial charge in [-0.25, -0.2) is 0 Å². The maximum Gasteiger partial charge on any atom is 0.163 e. The van der Waals surface area contributed by atoms with Gasteiger partial charge >= 0.3 is 0 Å². The Morgan fingerprint density at radius 1 is 0.897 bits per heavy atom. The van der Waals surface area contributed by atoms with E-state index in [0.29, 0.717) is 19.4 Å². The van der Waals surface area contributed by atoms with Crippen molar-refractivity contribution >= 4 is 27.3 Å². The third-order valence-corrected chi connectivity index (χ3v) is 5.45. The van der Waals surface area contributed by atoms with Gasteiger partial charge in [-0.2, -0.15) is 0 Å². The maximum absolute atomic E-state index is 12.9. The van der Waals surface area contributed by atoms with E-state index >= 15 is 0 Å². The molecule has 0 aliphatic carbocycles. The number of carbonyl (C=O) groups is 1. The van der Waals surface area contributed by atoms with Crippen LogP contribution in [0.5, 0.6) is 5.75 Å². The average molecular weight is 382 g/mol. The van der Waals surface area contributed by atoms with Gasteiger partial charge in [0.2, 0.25) is 0 Å². The molecule has 1 aliphatic rings. The number of ketones is 1. The van der Waals surface area contributed by atoms with Crippen molar-refractivity contribution < 1.29 is 14.3 Å². The molecule has 0 aromatic heterocycles. The largest absolute Gasteiger partial charge is 0.491 e. The van der Waals surface area contributed by atoms with Crippen LogP contribution in [0.3, 0.4) is 0 Å². The topological polar surface area (TPSA) is 38.8 Å². The average Bonchev–Trinajstić information content (AvgIpc) is 3.60. The maximum atomic E-state index is 12.9. The van der Waals surface area contributed by atoms with Crippen LogP contribution in [0.1, 0.15) is 22.3 Å². The molecule has 1 saturated heterocycles. The zero-order valence-corrected chi connectivity index (χ0v) is 16.1. The summed E-state index contributed by atoms with van der Waals surface area (Å²) in [6.45, 7) is 1.38. The van der Waals surface area contributed by atoms with Crippen molar-refractivity contribution in [3.05, 3.63) is 90.0 Å². The van der Waals surface area contributed by atoms with E-state index < -0.39 is 0 Å². The Morgan fingerprint density at radius 3 is 2.55 bits per heavy atom. The summed E-state index contributed by atoms with van der Waals surface area (Å²) in [5.74, 6) is 1.00. The second kappa shape index (κ2) is 7.69. The molecule has 5 rings (SSSR count). The summed E-state index contributed by atoms with van der Waals surface area (Å²) >= 11 is 0. The smallest absolute Gasteiger partial charge is 0.163 e. The van der Waals surface area contributed by atoms with E-state index in [2.05, 4.69) is 24.3 Å². The molecule has 0 amide bonds. The molecule has 1 heterocycles. The van der Waals surface area contributed by atoms with Crippen molar-refractivity contribution in [2.45, 2.75) is 18.9 Å². The van der Waals surface area contributed by atoms with Gasteiger partial charge in [0, 0.05) is 12.0 Å². The number of rotatable bonds is 7. The first-order valence-corrected chi connectivity index (χ1v) is 10.0. The zero-order valence-electron chi connectivity index (χ0n) is 16.1. The molecular formula is C26H22O3. The molecule has 29 heavy (non-hydrogen) atoms. The molecule has 1 fully saturated rings. The lowest BCUT2D eigenvalue weighted by Crippen LogP contribution is -2.05. The Hall–Kier alpha value is -3.17. The zero-order chi connectivity index (χ0) is 19.6. The van der Waals surface area contributed by atoms with Gasteiger partial charge in [0.1, 0.15) is 18.5 Å². The molecule has 0 saturated carbocycles. The van der Waals surface area contributed by atoms with Crippen LogP contribution >= 0.6 is 0 Å². The van der Waals surface area contributed by atoms with Crippen LogP contribution in [-0.4, -0.2) is 25.1 Å². The minimum Gasteiger partial charge on any atom is -0.491 e. The molecule has 1 aliphatic heterocycles. The van der Waals surface area contributed by atoms with Crippen molar-refractivity contribution in [3.63, 3.8) is 0 Å². The highest BCUT2D eigenvalue weighted by atomic mass is 16.6. The van der Waals surface area contributed by atoms with Crippen LogP contribution in [0.15, 0.2) is 78.9 Å². The monoisotopic (exact) mass is 382 g/mol.